The van der Waals surface area contributed by atoms with Gasteiger partial charge in [-0.15, -0.1) is 0 Å². The second-order valence-electron chi connectivity index (χ2n) is 6.94. The van der Waals surface area contributed by atoms with Crippen LogP contribution >= 0.6 is 0 Å². The number of hydrogen-bond donors (Lipinski definition) is 1. The Morgan fingerprint density at radius 3 is 2.88 bits per heavy atom. The van der Waals surface area contributed by atoms with Crippen molar-refractivity contribution in [2.45, 2.75) is 45.4 Å². The van der Waals surface area contributed by atoms with Gasteiger partial charge in [-0.05, 0) is 55.7 Å². The Balaban J connectivity index is 1.57. The molecule has 1 amide bonds. The summed E-state index contributed by atoms with van der Waals surface area (Å²) in [6.07, 6.45) is 7.66. The van der Waals surface area contributed by atoms with E-state index in [0.717, 1.165) is 68.4 Å². The van der Waals surface area contributed by atoms with E-state index in [1.807, 2.05) is 17.0 Å². The quantitative estimate of drug-likeness (QED) is 0.862. The monoisotopic (exact) mass is 343 g/mol. The number of likely N-dealkylation sites (tertiary alicyclic amines) is 1. The normalized spacial score (nSPS) is 17.7. The van der Waals surface area contributed by atoms with E-state index in [2.05, 4.69) is 17.1 Å². The Kier molecular flexibility index (Phi) is 5.84. The molecule has 0 unspecified atom stereocenters. The van der Waals surface area contributed by atoms with Crippen LogP contribution in [0.2, 0.25) is 0 Å². The number of aromatic nitrogens is 2. The summed E-state index contributed by atoms with van der Waals surface area (Å²) in [5, 5.41) is 7.02. The first kappa shape index (κ1) is 17.6. The van der Waals surface area contributed by atoms with Gasteiger partial charge in [0.15, 0.2) is 0 Å². The largest absolute Gasteiger partial charge is 0.338 e. The lowest BCUT2D eigenvalue weighted by molar-refractivity contribution is 0.0667. The first-order chi connectivity index (χ1) is 12.2. The number of carbonyl (C=O) groups is 1. The van der Waals surface area contributed by atoms with Crippen LogP contribution in [0.4, 0.5) is 4.39 Å². The molecule has 1 aliphatic rings. The summed E-state index contributed by atoms with van der Waals surface area (Å²) in [6.45, 7) is 3.72. The summed E-state index contributed by atoms with van der Waals surface area (Å²) in [5.41, 5.74) is 2.83. The van der Waals surface area contributed by atoms with Crippen molar-refractivity contribution in [2.75, 3.05) is 13.1 Å². The molecule has 0 aliphatic carbocycles. The van der Waals surface area contributed by atoms with Gasteiger partial charge < -0.3 is 4.90 Å². The Labute approximate surface area is 148 Å². The molecule has 25 heavy (non-hydrogen) atoms. The van der Waals surface area contributed by atoms with Gasteiger partial charge in [0.1, 0.15) is 5.82 Å². The molecule has 4 nitrogen and oxygen atoms in total. The van der Waals surface area contributed by atoms with Crippen LogP contribution in [0.25, 0.3) is 0 Å². The van der Waals surface area contributed by atoms with Crippen molar-refractivity contribution in [1.82, 2.24) is 15.1 Å². The minimum absolute atomic E-state index is 0.101. The second-order valence-corrected chi connectivity index (χ2v) is 6.94. The van der Waals surface area contributed by atoms with E-state index in [4.69, 9.17) is 0 Å². The van der Waals surface area contributed by atoms with Crippen molar-refractivity contribution in [3.05, 3.63) is 53.1 Å². The van der Waals surface area contributed by atoms with Crippen molar-refractivity contribution in [3.63, 3.8) is 0 Å². The number of rotatable bonds is 6. The van der Waals surface area contributed by atoms with Crippen LogP contribution in [0.1, 0.15) is 54.2 Å². The lowest BCUT2D eigenvalue weighted by Gasteiger charge is -2.33. The van der Waals surface area contributed by atoms with Crippen molar-refractivity contribution in [1.29, 1.82) is 0 Å². The minimum Gasteiger partial charge on any atom is -0.338 e. The highest BCUT2D eigenvalue weighted by Crippen LogP contribution is 2.23. The molecule has 0 bridgehead atoms. The summed E-state index contributed by atoms with van der Waals surface area (Å²) in [6, 6.07) is 6.73. The minimum atomic E-state index is -0.193. The molecule has 0 saturated carbocycles. The number of carbonyl (C=O) groups excluding carboxylic acids is 1. The third kappa shape index (κ3) is 4.47. The van der Waals surface area contributed by atoms with Gasteiger partial charge in [0.2, 0.25) is 0 Å². The number of hydrogen-bond acceptors (Lipinski definition) is 2. The highest BCUT2D eigenvalue weighted by Gasteiger charge is 2.26. The van der Waals surface area contributed by atoms with Crippen LogP contribution in [0.3, 0.4) is 0 Å². The SMILES string of the molecule is CCCc1[nH]ncc1C(=O)N1CCC[C@@H](CCc2ccc(F)cc2)C1. The maximum Gasteiger partial charge on any atom is 0.257 e. The number of amides is 1. The van der Waals surface area contributed by atoms with Gasteiger partial charge in [0.25, 0.3) is 5.91 Å². The molecule has 3 rings (SSSR count). The number of piperidine rings is 1. The fraction of sp³-hybridized carbons (Fsp3) is 0.500. The van der Waals surface area contributed by atoms with Crippen LogP contribution in [-0.4, -0.2) is 34.1 Å². The summed E-state index contributed by atoms with van der Waals surface area (Å²) >= 11 is 0. The first-order valence-electron chi connectivity index (χ1n) is 9.23. The van der Waals surface area contributed by atoms with Crippen LogP contribution in [0.5, 0.6) is 0 Å². The zero-order valence-electron chi connectivity index (χ0n) is 14.8. The molecular formula is C20H26FN3O. The highest BCUT2D eigenvalue weighted by atomic mass is 19.1. The summed E-state index contributed by atoms with van der Waals surface area (Å²) in [7, 11) is 0. The van der Waals surface area contributed by atoms with Gasteiger partial charge in [-0.1, -0.05) is 25.5 Å². The van der Waals surface area contributed by atoms with Gasteiger partial charge in [-0.3, -0.25) is 9.89 Å². The molecule has 1 aromatic carbocycles. The summed E-state index contributed by atoms with van der Waals surface area (Å²) < 4.78 is 13.0. The number of benzene rings is 1. The number of nitrogens with one attached hydrogen (secondary N) is 1. The lowest BCUT2D eigenvalue weighted by Crippen LogP contribution is -2.40. The average molecular weight is 343 g/mol. The van der Waals surface area contributed by atoms with E-state index in [-0.39, 0.29) is 11.7 Å². The van der Waals surface area contributed by atoms with E-state index in [1.165, 1.54) is 12.1 Å². The standard InChI is InChI=1S/C20H26FN3O/c1-2-4-19-18(13-22-23-19)20(25)24-12-3-5-16(14-24)7-6-15-8-10-17(21)11-9-15/h8-11,13,16H,2-7,12,14H2,1H3,(H,22,23)/t16-/m0/s1. The molecule has 0 radical (unpaired) electrons. The molecule has 1 fully saturated rings. The Morgan fingerprint density at radius 2 is 2.12 bits per heavy atom. The van der Waals surface area contributed by atoms with E-state index in [1.54, 1.807) is 6.20 Å². The molecule has 2 heterocycles. The Bertz CT molecular complexity index is 695. The van der Waals surface area contributed by atoms with Crippen LogP contribution in [0, 0.1) is 11.7 Å². The topological polar surface area (TPSA) is 49.0 Å². The van der Waals surface area contributed by atoms with Crippen molar-refractivity contribution in [2.24, 2.45) is 5.92 Å². The average Bonchev–Trinajstić information content (AvgIpc) is 3.09. The second kappa shape index (κ2) is 8.28. The summed E-state index contributed by atoms with van der Waals surface area (Å²) in [5.74, 6) is 0.411. The molecule has 5 heteroatoms. The smallest absolute Gasteiger partial charge is 0.257 e. The van der Waals surface area contributed by atoms with Crippen LogP contribution in [-0.2, 0) is 12.8 Å². The van der Waals surface area contributed by atoms with E-state index < -0.39 is 0 Å². The third-order valence-corrected chi connectivity index (χ3v) is 5.01. The molecule has 1 atom stereocenters. The van der Waals surface area contributed by atoms with Gasteiger partial charge >= 0.3 is 0 Å². The molecule has 1 aliphatic heterocycles. The van der Waals surface area contributed by atoms with Crippen molar-refractivity contribution >= 4 is 5.91 Å². The zero-order valence-corrected chi connectivity index (χ0v) is 14.8. The molecule has 134 valence electrons. The molecule has 1 aromatic heterocycles. The first-order valence-corrected chi connectivity index (χ1v) is 9.23. The van der Waals surface area contributed by atoms with Crippen LogP contribution < -0.4 is 0 Å². The maximum absolute atomic E-state index is 13.0. The molecule has 1 N–H and O–H groups in total. The maximum atomic E-state index is 13.0. The molecule has 1 saturated heterocycles. The number of halogens is 1. The van der Waals surface area contributed by atoms with Crippen molar-refractivity contribution < 1.29 is 9.18 Å². The number of aromatic amines is 1. The Morgan fingerprint density at radius 1 is 1.32 bits per heavy atom. The highest BCUT2D eigenvalue weighted by molar-refractivity contribution is 5.95. The fourth-order valence-electron chi connectivity index (χ4n) is 3.62. The predicted molar refractivity (Wildman–Crippen MR) is 95.9 cm³/mol. The van der Waals surface area contributed by atoms with Crippen molar-refractivity contribution in [3.8, 4) is 0 Å². The number of H-pyrrole nitrogens is 1. The van der Waals surface area contributed by atoms with Gasteiger partial charge in [-0.25, -0.2) is 4.39 Å². The predicted octanol–water partition coefficient (Wildman–Crippen LogP) is 3.99. The molecule has 2 aromatic rings. The molecular weight excluding hydrogens is 317 g/mol. The molecule has 0 spiro atoms. The van der Waals surface area contributed by atoms with Gasteiger partial charge in [0.05, 0.1) is 11.8 Å². The lowest BCUT2D eigenvalue weighted by atomic mass is 9.91. The number of nitrogens with zero attached hydrogens (tertiary/aromatic N) is 2. The summed E-state index contributed by atoms with van der Waals surface area (Å²) in [4.78, 5) is 14.8. The van der Waals surface area contributed by atoms with Gasteiger partial charge in [0, 0.05) is 18.8 Å². The van der Waals surface area contributed by atoms with E-state index in [0.29, 0.717) is 5.92 Å². The van der Waals surface area contributed by atoms with E-state index >= 15 is 0 Å². The van der Waals surface area contributed by atoms with Gasteiger partial charge in [-0.2, -0.15) is 5.10 Å². The zero-order chi connectivity index (χ0) is 17.6. The third-order valence-electron chi connectivity index (χ3n) is 5.01. The number of aryl methyl sites for hydroxylation is 2. The van der Waals surface area contributed by atoms with Crippen LogP contribution in [0.15, 0.2) is 30.5 Å². The van der Waals surface area contributed by atoms with E-state index in [9.17, 15) is 9.18 Å². The fourth-order valence-corrected chi connectivity index (χ4v) is 3.62. The Hall–Kier alpha value is -2.17.